The molecule has 0 unspecified atom stereocenters. The molecule has 8 nitrogen and oxygen atoms in total. The van der Waals surface area contributed by atoms with Crippen molar-refractivity contribution < 1.29 is 9.59 Å². The van der Waals surface area contributed by atoms with Crippen molar-refractivity contribution in [3.05, 3.63) is 0 Å². The fourth-order valence-electron chi connectivity index (χ4n) is 2.38. The average Bonchev–Trinajstić information content (AvgIpc) is 2.48. The Morgan fingerprint density at radius 3 is 2.08 bits per heavy atom. The van der Waals surface area contributed by atoms with Crippen LogP contribution in [0.1, 0.15) is 53.4 Å². The van der Waals surface area contributed by atoms with E-state index in [1.807, 2.05) is 27.7 Å². The molecule has 0 saturated heterocycles. The number of carbonyl (C=O) groups excluding carboxylic acids is 2. The summed E-state index contributed by atoms with van der Waals surface area (Å²) >= 11 is 0. The smallest absolute Gasteiger partial charge is 0.242 e. The number of hydrogen-bond donors (Lipinski definition) is 5. The Bertz CT molecular complexity index is 433. The Kier molecular flexibility index (Phi) is 11.6. The van der Waals surface area contributed by atoms with Crippen molar-refractivity contribution >= 4 is 17.8 Å². The summed E-state index contributed by atoms with van der Waals surface area (Å²) in [5, 5.41) is 5.65. The van der Waals surface area contributed by atoms with E-state index in [4.69, 9.17) is 17.2 Å². The van der Waals surface area contributed by atoms with Gasteiger partial charge in [0.05, 0.1) is 6.04 Å². The van der Waals surface area contributed by atoms with Crippen molar-refractivity contribution in [3.63, 3.8) is 0 Å². The first-order valence-electron chi connectivity index (χ1n) is 9.02. The minimum atomic E-state index is -0.595. The molecule has 2 atom stereocenters. The molecule has 0 aliphatic heterocycles. The average molecular weight is 357 g/mol. The van der Waals surface area contributed by atoms with Gasteiger partial charge in [0, 0.05) is 13.1 Å². The summed E-state index contributed by atoms with van der Waals surface area (Å²) in [6.45, 7) is 9.09. The van der Waals surface area contributed by atoms with E-state index in [1.54, 1.807) is 0 Å². The second-order valence-electron chi connectivity index (χ2n) is 7.23. The monoisotopic (exact) mass is 356 g/mol. The molecule has 0 radical (unpaired) electrons. The molecule has 8 heteroatoms. The molecule has 8 N–H and O–H groups in total. The third-order valence-electron chi connectivity index (χ3n) is 3.58. The van der Waals surface area contributed by atoms with Gasteiger partial charge in [-0.3, -0.25) is 14.6 Å². The summed E-state index contributed by atoms with van der Waals surface area (Å²) < 4.78 is 0. The molecule has 0 fully saturated rings. The van der Waals surface area contributed by atoms with Gasteiger partial charge < -0.3 is 27.8 Å². The highest BCUT2D eigenvalue weighted by molar-refractivity contribution is 5.89. The van der Waals surface area contributed by atoms with E-state index in [2.05, 4.69) is 15.6 Å². The molecule has 0 aromatic heterocycles. The number of aliphatic imine (C=N–C) groups is 1. The molecule has 0 aliphatic rings. The van der Waals surface area contributed by atoms with Crippen LogP contribution in [0.5, 0.6) is 0 Å². The highest BCUT2D eigenvalue weighted by Gasteiger charge is 2.24. The molecular weight excluding hydrogens is 320 g/mol. The van der Waals surface area contributed by atoms with E-state index in [0.717, 1.165) is 12.8 Å². The minimum absolute atomic E-state index is 0.0708. The van der Waals surface area contributed by atoms with Crippen molar-refractivity contribution in [2.24, 2.45) is 34.0 Å². The molecule has 2 amide bonds. The quantitative estimate of drug-likeness (QED) is 0.190. The molecule has 0 bridgehead atoms. The highest BCUT2D eigenvalue weighted by atomic mass is 16.2. The first-order chi connectivity index (χ1) is 11.6. The number of nitrogens with zero attached hydrogens (tertiary/aromatic N) is 1. The summed E-state index contributed by atoms with van der Waals surface area (Å²) in [4.78, 5) is 28.5. The van der Waals surface area contributed by atoms with Crippen LogP contribution in [0.2, 0.25) is 0 Å². The molecule has 25 heavy (non-hydrogen) atoms. The van der Waals surface area contributed by atoms with Crippen LogP contribution in [-0.2, 0) is 9.59 Å². The summed E-state index contributed by atoms with van der Waals surface area (Å²) in [6, 6.07) is -1.16. The van der Waals surface area contributed by atoms with Crippen LogP contribution < -0.4 is 27.8 Å². The molecule has 146 valence electrons. The van der Waals surface area contributed by atoms with E-state index in [1.165, 1.54) is 0 Å². The minimum Gasteiger partial charge on any atom is -0.370 e. The van der Waals surface area contributed by atoms with Gasteiger partial charge in [-0.25, -0.2) is 0 Å². The van der Waals surface area contributed by atoms with Crippen LogP contribution in [0.4, 0.5) is 0 Å². The molecule has 0 aromatic rings. The predicted molar refractivity (Wildman–Crippen MR) is 102 cm³/mol. The molecule has 0 aromatic carbocycles. The van der Waals surface area contributed by atoms with Gasteiger partial charge in [-0.1, -0.05) is 27.7 Å². The van der Waals surface area contributed by atoms with E-state index >= 15 is 0 Å². The lowest BCUT2D eigenvalue weighted by atomic mass is 10.0. The third-order valence-corrected chi connectivity index (χ3v) is 3.58. The van der Waals surface area contributed by atoms with E-state index < -0.39 is 12.1 Å². The number of rotatable bonds is 12. The second-order valence-corrected chi connectivity index (χ2v) is 7.23. The second kappa shape index (κ2) is 12.5. The predicted octanol–water partition coefficient (Wildman–Crippen LogP) is 0.0605. The van der Waals surface area contributed by atoms with E-state index in [-0.39, 0.29) is 23.7 Å². The van der Waals surface area contributed by atoms with Crippen molar-refractivity contribution in [1.29, 1.82) is 0 Å². The SMILES string of the molecule is CC(C)C[C@@H](N)C(=O)N[C@@H](CC(C)C)C(=O)NCCCCN=C(N)N. The normalized spacial score (nSPS) is 13.4. The van der Waals surface area contributed by atoms with Crippen molar-refractivity contribution in [3.8, 4) is 0 Å². The van der Waals surface area contributed by atoms with Crippen LogP contribution >= 0.6 is 0 Å². The molecule has 0 rings (SSSR count). The summed E-state index contributed by atoms with van der Waals surface area (Å²) in [5.74, 6) is 0.215. The fraction of sp³-hybridized carbons (Fsp3) is 0.824. The zero-order chi connectivity index (χ0) is 19.4. The zero-order valence-electron chi connectivity index (χ0n) is 16.0. The number of carbonyl (C=O) groups is 2. The molecule has 0 aliphatic carbocycles. The number of unbranched alkanes of at least 4 members (excludes halogenated alkanes) is 1. The maximum atomic E-state index is 12.4. The summed E-state index contributed by atoms with van der Waals surface area (Å²) in [5.41, 5.74) is 16.4. The Morgan fingerprint density at radius 2 is 1.56 bits per heavy atom. The zero-order valence-corrected chi connectivity index (χ0v) is 16.0. The van der Waals surface area contributed by atoms with Gasteiger partial charge in [0.2, 0.25) is 11.8 Å². The van der Waals surface area contributed by atoms with Crippen LogP contribution in [0.25, 0.3) is 0 Å². The number of nitrogens with two attached hydrogens (primary N) is 3. The van der Waals surface area contributed by atoms with Crippen LogP contribution in [0, 0.1) is 11.8 Å². The van der Waals surface area contributed by atoms with Crippen LogP contribution in [0.3, 0.4) is 0 Å². The first kappa shape index (κ1) is 23.2. The van der Waals surface area contributed by atoms with Crippen LogP contribution in [0.15, 0.2) is 4.99 Å². The largest absolute Gasteiger partial charge is 0.370 e. The van der Waals surface area contributed by atoms with Crippen molar-refractivity contribution in [2.75, 3.05) is 13.1 Å². The van der Waals surface area contributed by atoms with Crippen LogP contribution in [-0.4, -0.2) is 42.9 Å². The molecule has 0 saturated carbocycles. The Labute approximate surface area is 151 Å². The van der Waals surface area contributed by atoms with Gasteiger partial charge in [0.15, 0.2) is 5.96 Å². The third kappa shape index (κ3) is 12.2. The van der Waals surface area contributed by atoms with Crippen molar-refractivity contribution in [2.45, 2.75) is 65.5 Å². The maximum absolute atomic E-state index is 12.4. The van der Waals surface area contributed by atoms with Gasteiger partial charge in [-0.05, 0) is 37.5 Å². The number of guanidine groups is 1. The Balaban J connectivity index is 4.42. The maximum Gasteiger partial charge on any atom is 0.242 e. The molecule has 0 spiro atoms. The number of hydrogen-bond acceptors (Lipinski definition) is 4. The van der Waals surface area contributed by atoms with E-state index in [0.29, 0.717) is 31.8 Å². The van der Waals surface area contributed by atoms with E-state index in [9.17, 15) is 9.59 Å². The Hall–Kier alpha value is -1.83. The topological polar surface area (TPSA) is 149 Å². The van der Waals surface area contributed by atoms with Gasteiger partial charge >= 0.3 is 0 Å². The summed E-state index contributed by atoms with van der Waals surface area (Å²) in [7, 11) is 0. The highest BCUT2D eigenvalue weighted by Crippen LogP contribution is 2.07. The lowest BCUT2D eigenvalue weighted by molar-refractivity contribution is -0.130. The summed E-state index contributed by atoms with van der Waals surface area (Å²) in [6.07, 6.45) is 2.70. The lowest BCUT2D eigenvalue weighted by Crippen LogP contribution is -2.52. The number of nitrogens with one attached hydrogen (secondary N) is 2. The lowest BCUT2D eigenvalue weighted by Gasteiger charge is -2.22. The Morgan fingerprint density at radius 1 is 0.960 bits per heavy atom. The standard InChI is InChI=1S/C17H36N6O2/c1-11(2)9-13(18)15(24)23-14(10-12(3)4)16(25)21-7-5-6-8-22-17(19)20/h11-14H,5-10,18H2,1-4H3,(H,21,25)(H,23,24)(H4,19,20,22)/t13-,14+/m1/s1. The van der Waals surface area contributed by atoms with Crippen molar-refractivity contribution in [1.82, 2.24) is 10.6 Å². The first-order valence-corrected chi connectivity index (χ1v) is 9.02. The number of amides is 2. The molecule has 0 heterocycles. The van der Waals surface area contributed by atoms with Gasteiger partial charge in [-0.15, -0.1) is 0 Å². The van der Waals surface area contributed by atoms with Gasteiger partial charge in [0.1, 0.15) is 6.04 Å². The van der Waals surface area contributed by atoms with Gasteiger partial charge in [-0.2, -0.15) is 0 Å². The molecular formula is C17H36N6O2. The fourth-order valence-corrected chi connectivity index (χ4v) is 2.38. The van der Waals surface area contributed by atoms with Gasteiger partial charge in [0.25, 0.3) is 0 Å².